The van der Waals surface area contributed by atoms with E-state index in [1.54, 1.807) is 36.3 Å². The molecule has 0 aliphatic heterocycles. The Hall–Kier alpha value is -3.03. The summed E-state index contributed by atoms with van der Waals surface area (Å²) in [6.45, 7) is 0.226. The van der Waals surface area contributed by atoms with Crippen molar-refractivity contribution in [3.8, 4) is 5.75 Å². The van der Waals surface area contributed by atoms with Crippen LogP contribution < -0.4 is 15.4 Å². The number of nitrogens with zero attached hydrogens (tertiary/aromatic N) is 2. The lowest BCUT2D eigenvalue weighted by Crippen LogP contribution is -2.36. The van der Waals surface area contributed by atoms with Crippen LogP contribution in [0.1, 0.15) is 42.1 Å². The maximum absolute atomic E-state index is 12.7. The second-order valence-corrected chi connectivity index (χ2v) is 6.89. The number of nitrogens with one attached hydrogen (secondary N) is 2. The summed E-state index contributed by atoms with van der Waals surface area (Å²) in [6, 6.07) is 7.35. The van der Waals surface area contributed by atoms with Crippen molar-refractivity contribution in [3.63, 3.8) is 0 Å². The van der Waals surface area contributed by atoms with E-state index in [1.807, 2.05) is 0 Å². The molecule has 2 fully saturated rings. The van der Waals surface area contributed by atoms with Crippen molar-refractivity contribution < 1.29 is 18.7 Å². The molecule has 1 heterocycles. The van der Waals surface area contributed by atoms with Crippen molar-refractivity contribution in [1.29, 1.82) is 0 Å². The van der Waals surface area contributed by atoms with Crippen LogP contribution in [0.2, 0.25) is 0 Å². The molecule has 2 aromatic rings. The number of ether oxygens (including phenoxy) is 1. The molecule has 0 unspecified atom stereocenters. The van der Waals surface area contributed by atoms with Gasteiger partial charge in [0.25, 0.3) is 5.91 Å². The molecular weight excluding hydrogens is 348 g/mol. The molecule has 1 aromatic carbocycles. The van der Waals surface area contributed by atoms with Crippen LogP contribution in [0.25, 0.3) is 0 Å². The van der Waals surface area contributed by atoms with Gasteiger partial charge in [0.1, 0.15) is 12.0 Å². The van der Waals surface area contributed by atoms with Crippen LogP contribution in [-0.4, -0.2) is 41.0 Å². The first kappa shape index (κ1) is 17.4. The van der Waals surface area contributed by atoms with Crippen LogP contribution in [0.5, 0.6) is 5.75 Å². The first-order chi connectivity index (χ1) is 13.1. The van der Waals surface area contributed by atoms with E-state index in [2.05, 4.69) is 15.6 Å². The van der Waals surface area contributed by atoms with E-state index in [0.717, 1.165) is 31.4 Å². The summed E-state index contributed by atoms with van der Waals surface area (Å²) in [5.74, 6) is 0.852. The van der Waals surface area contributed by atoms with Crippen LogP contribution in [0, 0.1) is 0 Å². The van der Waals surface area contributed by atoms with Crippen LogP contribution >= 0.6 is 0 Å². The average molecular weight is 370 g/mol. The predicted octanol–water partition coefficient (Wildman–Crippen LogP) is 2.77. The quantitative estimate of drug-likeness (QED) is 0.781. The van der Waals surface area contributed by atoms with Crippen LogP contribution in [0.4, 0.5) is 10.5 Å². The summed E-state index contributed by atoms with van der Waals surface area (Å²) in [5, 5.41) is 5.75. The molecule has 0 saturated heterocycles. The number of carbonyl (C=O) groups excluding carboxylic acids is 2. The number of methoxy groups -OCH3 is 1. The molecule has 2 N–H and O–H groups in total. The SMILES string of the molecule is COc1ccc(NC(=O)N(Cc2nc(C(=O)NC3CC3)co2)C2CC2)cc1. The Morgan fingerprint density at radius 1 is 1.22 bits per heavy atom. The van der Waals surface area contributed by atoms with Gasteiger partial charge in [0.15, 0.2) is 5.69 Å². The van der Waals surface area contributed by atoms with Gasteiger partial charge in [-0.3, -0.25) is 4.79 Å². The van der Waals surface area contributed by atoms with Crippen LogP contribution in [0.15, 0.2) is 34.9 Å². The standard InChI is InChI=1S/C19H22N4O4/c1-26-15-8-4-13(5-9-15)21-19(25)23(14-6-7-14)10-17-22-16(11-27-17)18(24)20-12-2-3-12/h4-5,8-9,11-12,14H,2-3,6-7,10H2,1H3,(H,20,24)(H,21,25). The molecule has 2 saturated carbocycles. The first-order valence-electron chi connectivity index (χ1n) is 9.09. The molecule has 0 atom stereocenters. The van der Waals surface area contributed by atoms with Crippen molar-refractivity contribution in [2.45, 2.75) is 44.3 Å². The number of carbonyl (C=O) groups is 2. The zero-order valence-electron chi connectivity index (χ0n) is 15.1. The van der Waals surface area contributed by atoms with E-state index in [0.29, 0.717) is 11.6 Å². The highest BCUT2D eigenvalue weighted by Crippen LogP contribution is 2.29. The number of anilines is 1. The van der Waals surface area contributed by atoms with Crippen molar-refractivity contribution >= 4 is 17.6 Å². The third-order valence-electron chi connectivity index (χ3n) is 4.59. The van der Waals surface area contributed by atoms with Gasteiger partial charge in [-0.05, 0) is 49.9 Å². The van der Waals surface area contributed by atoms with Gasteiger partial charge in [0.2, 0.25) is 5.89 Å². The second-order valence-electron chi connectivity index (χ2n) is 6.89. The zero-order chi connectivity index (χ0) is 18.8. The number of oxazole rings is 1. The van der Waals surface area contributed by atoms with Gasteiger partial charge >= 0.3 is 6.03 Å². The Balaban J connectivity index is 1.39. The fourth-order valence-corrected chi connectivity index (χ4v) is 2.74. The number of hydrogen-bond donors (Lipinski definition) is 2. The molecule has 8 heteroatoms. The summed E-state index contributed by atoms with van der Waals surface area (Å²) in [4.78, 5) is 30.6. The number of amides is 3. The third-order valence-corrected chi connectivity index (χ3v) is 4.59. The number of urea groups is 1. The maximum Gasteiger partial charge on any atom is 0.322 e. The lowest BCUT2D eigenvalue weighted by Gasteiger charge is -2.21. The van der Waals surface area contributed by atoms with Gasteiger partial charge in [-0.15, -0.1) is 0 Å². The number of hydrogen-bond acceptors (Lipinski definition) is 5. The first-order valence-corrected chi connectivity index (χ1v) is 9.09. The van der Waals surface area contributed by atoms with E-state index in [9.17, 15) is 9.59 Å². The van der Waals surface area contributed by atoms with Crippen LogP contribution in [-0.2, 0) is 6.54 Å². The Kier molecular flexibility index (Phi) is 4.70. The molecule has 0 radical (unpaired) electrons. The molecule has 2 aliphatic carbocycles. The maximum atomic E-state index is 12.7. The van der Waals surface area contributed by atoms with Gasteiger partial charge in [0.05, 0.1) is 13.7 Å². The van der Waals surface area contributed by atoms with E-state index >= 15 is 0 Å². The molecule has 0 bridgehead atoms. The smallest absolute Gasteiger partial charge is 0.322 e. The lowest BCUT2D eigenvalue weighted by molar-refractivity contribution is 0.0946. The third kappa shape index (κ3) is 4.39. The van der Waals surface area contributed by atoms with E-state index in [1.165, 1.54) is 6.26 Å². The molecule has 1 aromatic heterocycles. The Bertz CT molecular complexity index is 824. The van der Waals surface area contributed by atoms with Crippen LogP contribution in [0.3, 0.4) is 0 Å². The molecule has 4 rings (SSSR count). The fraction of sp³-hybridized carbons (Fsp3) is 0.421. The Labute approximate surface area is 156 Å². The molecule has 27 heavy (non-hydrogen) atoms. The fourth-order valence-electron chi connectivity index (χ4n) is 2.74. The summed E-state index contributed by atoms with van der Waals surface area (Å²) < 4.78 is 10.5. The van der Waals surface area contributed by atoms with E-state index in [-0.39, 0.29) is 36.3 Å². The van der Waals surface area contributed by atoms with Gasteiger partial charge in [-0.25, -0.2) is 9.78 Å². The highest BCUT2D eigenvalue weighted by atomic mass is 16.5. The lowest BCUT2D eigenvalue weighted by atomic mass is 10.3. The summed E-state index contributed by atoms with van der Waals surface area (Å²) in [6.07, 6.45) is 5.27. The Morgan fingerprint density at radius 3 is 2.59 bits per heavy atom. The van der Waals surface area contributed by atoms with Crippen molar-refractivity contribution in [1.82, 2.24) is 15.2 Å². The minimum Gasteiger partial charge on any atom is -0.497 e. The molecular formula is C19H22N4O4. The molecule has 3 amide bonds. The summed E-state index contributed by atoms with van der Waals surface area (Å²) in [7, 11) is 1.60. The predicted molar refractivity (Wildman–Crippen MR) is 97.6 cm³/mol. The van der Waals surface area contributed by atoms with Crippen molar-refractivity contribution in [3.05, 3.63) is 42.1 Å². The molecule has 142 valence electrons. The molecule has 8 nitrogen and oxygen atoms in total. The average Bonchev–Trinajstić information content (AvgIpc) is 3.60. The zero-order valence-corrected chi connectivity index (χ0v) is 15.1. The van der Waals surface area contributed by atoms with Gasteiger partial charge in [-0.2, -0.15) is 0 Å². The topological polar surface area (TPSA) is 96.7 Å². The van der Waals surface area contributed by atoms with Gasteiger partial charge < -0.3 is 24.7 Å². The monoisotopic (exact) mass is 370 g/mol. The van der Waals surface area contributed by atoms with Gasteiger partial charge in [-0.1, -0.05) is 0 Å². The minimum absolute atomic E-state index is 0.166. The number of rotatable bonds is 7. The number of benzene rings is 1. The largest absolute Gasteiger partial charge is 0.497 e. The normalized spacial score (nSPS) is 15.9. The summed E-state index contributed by atoms with van der Waals surface area (Å²) >= 11 is 0. The highest BCUT2D eigenvalue weighted by Gasteiger charge is 2.34. The van der Waals surface area contributed by atoms with Crippen molar-refractivity contribution in [2.24, 2.45) is 0 Å². The van der Waals surface area contributed by atoms with Crippen molar-refractivity contribution in [2.75, 3.05) is 12.4 Å². The van der Waals surface area contributed by atoms with Gasteiger partial charge in [0, 0.05) is 17.8 Å². The minimum atomic E-state index is -0.229. The molecule has 0 spiro atoms. The second kappa shape index (κ2) is 7.30. The summed E-state index contributed by atoms with van der Waals surface area (Å²) in [5.41, 5.74) is 0.937. The number of aromatic nitrogens is 1. The molecule has 2 aliphatic rings. The van der Waals surface area contributed by atoms with E-state index < -0.39 is 0 Å². The Morgan fingerprint density at radius 2 is 1.96 bits per heavy atom. The highest BCUT2D eigenvalue weighted by molar-refractivity contribution is 5.92. The van der Waals surface area contributed by atoms with E-state index in [4.69, 9.17) is 9.15 Å².